The van der Waals surface area contributed by atoms with Crippen molar-refractivity contribution in [3.05, 3.63) is 35.0 Å². The first-order valence-corrected chi connectivity index (χ1v) is 6.21. The lowest BCUT2D eigenvalue weighted by Crippen LogP contribution is -2.04. The zero-order chi connectivity index (χ0) is 12.7. The van der Waals surface area contributed by atoms with Gasteiger partial charge in [-0.15, -0.1) is 0 Å². The number of aromatic nitrogens is 1. The average Bonchev–Trinajstić information content (AvgIpc) is 2.82. The Bertz CT molecular complexity index is 646. The van der Waals surface area contributed by atoms with Crippen molar-refractivity contribution in [2.24, 2.45) is 0 Å². The Kier molecular flexibility index (Phi) is 2.54. The minimum Gasteiger partial charge on any atom is -0.494 e. The van der Waals surface area contributed by atoms with E-state index in [4.69, 9.17) is 9.72 Å². The van der Waals surface area contributed by atoms with Crippen molar-refractivity contribution in [1.29, 1.82) is 0 Å². The highest BCUT2D eigenvalue weighted by molar-refractivity contribution is 6.08. The molecule has 2 aromatic rings. The number of para-hydroxylation sites is 1. The number of benzene rings is 1. The Balaban J connectivity index is 2.45. The minimum absolute atomic E-state index is 0.119. The summed E-state index contributed by atoms with van der Waals surface area (Å²) in [6, 6.07) is 5.76. The normalized spacial score (nSPS) is 13.7. The fourth-order valence-corrected chi connectivity index (χ4v) is 2.82. The third kappa shape index (κ3) is 1.50. The van der Waals surface area contributed by atoms with Crippen molar-refractivity contribution in [1.82, 2.24) is 4.98 Å². The SMILES string of the molecule is COc1cccc2c(C(C)=O)c3c(nc12)CCC3. The highest BCUT2D eigenvalue weighted by Crippen LogP contribution is 2.33. The maximum atomic E-state index is 12.0. The number of ketones is 1. The average molecular weight is 241 g/mol. The number of Topliss-reactive ketones (excluding diaryl/α,β-unsaturated/α-hetero) is 1. The van der Waals surface area contributed by atoms with Crippen LogP contribution in [0.1, 0.15) is 35.0 Å². The molecule has 1 heterocycles. The second kappa shape index (κ2) is 4.09. The number of aryl methyl sites for hydroxylation is 1. The van der Waals surface area contributed by atoms with E-state index in [1.165, 1.54) is 0 Å². The summed E-state index contributed by atoms with van der Waals surface area (Å²) in [6.45, 7) is 1.63. The molecular weight excluding hydrogens is 226 g/mol. The lowest BCUT2D eigenvalue weighted by Gasteiger charge is -2.12. The van der Waals surface area contributed by atoms with Crippen molar-refractivity contribution in [3.63, 3.8) is 0 Å². The smallest absolute Gasteiger partial charge is 0.160 e. The second-order valence-electron chi connectivity index (χ2n) is 4.68. The van der Waals surface area contributed by atoms with E-state index in [9.17, 15) is 4.79 Å². The molecule has 0 radical (unpaired) electrons. The molecule has 1 aromatic carbocycles. The first-order valence-electron chi connectivity index (χ1n) is 6.21. The van der Waals surface area contributed by atoms with Gasteiger partial charge in [0, 0.05) is 16.6 Å². The summed E-state index contributed by atoms with van der Waals surface area (Å²) >= 11 is 0. The molecule has 1 aromatic heterocycles. The maximum Gasteiger partial charge on any atom is 0.160 e. The van der Waals surface area contributed by atoms with Crippen molar-refractivity contribution in [3.8, 4) is 5.75 Å². The third-order valence-electron chi connectivity index (χ3n) is 3.58. The highest BCUT2D eigenvalue weighted by atomic mass is 16.5. The molecular formula is C15H15NO2. The number of hydrogen-bond donors (Lipinski definition) is 0. The van der Waals surface area contributed by atoms with Gasteiger partial charge < -0.3 is 4.74 Å². The van der Waals surface area contributed by atoms with Gasteiger partial charge in [-0.2, -0.15) is 0 Å². The van der Waals surface area contributed by atoms with Crippen LogP contribution in [0.2, 0.25) is 0 Å². The van der Waals surface area contributed by atoms with Crippen molar-refractivity contribution < 1.29 is 9.53 Å². The minimum atomic E-state index is 0.119. The number of rotatable bonds is 2. The van der Waals surface area contributed by atoms with Crippen LogP contribution in [0, 0.1) is 0 Å². The summed E-state index contributed by atoms with van der Waals surface area (Å²) in [5.74, 6) is 0.860. The molecule has 0 saturated carbocycles. The third-order valence-corrected chi connectivity index (χ3v) is 3.58. The molecule has 0 atom stereocenters. The van der Waals surface area contributed by atoms with Crippen LogP contribution in [-0.2, 0) is 12.8 Å². The van der Waals surface area contributed by atoms with Gasteiger partial charge >= 0.3 is 0 Å². The summed E-state index contributed by atoms with van der Waals surface area (Å²) in [5, 5.41) is 0.919. The van der Waals surface area contributed by atoms with Crippen LogP contribution in [0.3, 0.4) is 0 Å². The Hall–Kier alpha value is -1.90. The maximum absolute atomic E-state index is 12.0. The van der Waals surface area contributed by atoms with Gasteiger partial charge in [-0.25, -0.2) is 4.98 Å². The van der Waals surface area contributed by atoms with E-state index < -0.39 is 0 Å². The number of ether oxygens (including phenoxy) is 1. The van der Waals surface area contributed by atoms with Gasteiger partial charge in [0.25, 0.3) is 0 Å². The van der Waals surface area contributed by atoms with Gasteiger partial charge in [0.2, 0.25) is 0 Å². The molecule has 3 heteroatoms. The van der Waals surface area contributed by atoms with E-state index >= 15 is 0 Å². The second-order valence-corrected chi connectivity index (χ2v) is 4.68. The summed E-state index contributed by atoms with van der Waals surface area (Å²) in [7, 11) is 1.64. The van der Waals surface area contributed by atoms with Gasteiger partial charge in [-0.1, -0.05) is 12.1 Å². The summed E-state index contributed by atoms with van der Waals surface area (Å²) < 4.78 is 5.35. The number of methoxy groups -OCH3 is 1. The molecule has 0 amide bonds. The molecule has 18 heavy (non-hydrogen) atoms. The first kappa shape index (κ1) is 11.2. The monoisotopic (exact) mass is 241 g/mol. The quantitative estimate of drug-likeness (QED) is 0.759. The summed E-state index contributed by atoms with van der Waals surface area (Å²) in [5.41, 5.74) is 3.86. The van der Waals surface area contributed by atoms with Gasteiger partial charge in [-0.05, 0) is 37.8 Å². The predicted octanol–water partition coefficient (Wildman–Crippen LogP) is 2.93. The fourth-order valence-electron chi connectivity index (χ4n) is 2.82. The van der Waals surface area contributed by atoms with E-state index in [1.54, 1.807) is 14.0 Å². The zero-order valence-corrected chi connectivity index (χ0v) is 10.6. The lowest BCUT2D eigenvalue weighted by atomic mass is 9.98. The molecule has 0 spiro atoms. The van der Waals surface area contributed by atoms with Crippen molar-refractivity contribution in [2.45, 2.75) is 26.2 Å². The van der Waals surface area contributed by atoms with Crippen LogP contribution in [0.15, 0.2) is 18.2 Å². The molecule has 0 aliphatic heterocycles. The van der Waals surface area contributed by atoms with Crippen LogP contribution in [-0.4, -0.2) is 17.9 Å². The number of carbonyl (C=O) groups is 1. The predicted molar refractivity (Wildman–Crippen MR) is 70.3 cm³/mol. The number of nitrogens with zero attached hydrogens (tertiary/aromatic N) is 1. The van der Waals surface area contributed by atoms with Gasteiger partial charge in [-0.3, -0.25) is 4.79 Å². The first-order chi connectivity index (χ1) is 8.72. The number of hydrogen-bond acceptors (Lipinski definition) is 3. The van der Waals surface area contributed by atoms with Crippen LogP contribution in [0.5, 0.6) is 5.75 Å². The van der Waals surface area contributed by atoms with Crippen LogP contribution in [0.4, 0.5) is 0 Å². The lowest BCUT2D eigenvalue weighted by molar-refractivity contribution is 0.101. The topological polar surface area (TPSA) is 39.2 Å². The molecule has 1 aliphatic carbocycles. The standard InChI is InChI=1S/C15H15NO2/c1-9(17)14-10-5-3-7-12(10)16-15-11(14)6-4-8-13(15)18-2/h4,6,8H,3,5,7H2,1-2H3. The van der Waals surface area contributed by atoms with Gasteiger partial charge in [0.1, 0.15) is 11.3 Å². The molecule has 0 fully saturated rings. The van der Waals surface area contributed by atoms with Gasteiger partial charge in [0.05, 0.1) is 7.11 Å². The van der Waals surface area contributed by atoms with E-state index in [2.05, 4.69) is 0 Å². The molecule has 92 valence electrons. The van der Waals surface area contributed by atoms with Crippen LogP contribution >= 0.6 is 0 Å². The van der Waals surface area contributed by atoms with Gasteiger partial charge in [0.15, 0.2) is 5.78 Å². The molecule has 3 rings (SSSR count). The van der Waals surface area contributed by atoms with Crippen molar-refractivity contribution >= 4 is 16.7 Å². The molecule has 3 nitrogen and oxygen atoms in total. The summed E-state index contributed by atoms with van der Waals surface area (Å²) in [6.07, 6.45) is 3.01. The van der Waals surface area contributed by atoms with E-state index in [-0.39, 0.29) is 5.78 Å². The number of fused-ring (bicyclic) bond motifs is 2. The molecule has 0 saturated heterocycles. The fraction of sp³-hybridized carbons (Fsp3) is 0.333. The van der Waals surface area contributed by atoms with E-state index in [0.717, 1.165) is 52.7 Å². The molecule has 0 bridgehead atoms. The van der Waals surface area contributed by atoms with E-state index in [0.29, 0.717) is 0 Å². The van der Waals surface area contributed by atoms with Crippen LogP contribution in [0.25, 0.3) is 10.9 Å². The highest BCUT2D eigenvalue weighted by Gasteiger charge is 2.22. The summed E-state index contributed by atoms with van der Waals surface area (Å²) in [4.78, 5) is 16.6. The Morgan fingerprint density at radius 1 is 1.33 bits per heavy atom. The van der Waals surface area contributed by atoms with Crippen LogP contribution < -0.4 is 4.74 Å². The van der Waals surface area contributed by atoms with E-state index in [1.807, 2.05) is 18.2 Å². The Morgan fingerprint density at radius 2 is 2.17 bits per heavy atom. The molecule has 0 unspecified atom stereocenters. The zero-order valence-electron chi connectivity index (χ0n) is 10.6. The van der Waals surface area contributed by atoms with Crippen molar-refractivity contribution in [2.75, 3.05) is 7.11 Å². The molecule has 1 aliphatic rings. The number of carbonyl (C=O) groups excluding carboxylic acids is 1. The largest absolute Gasteiger partial charge is 0.494 e. The number of pyridine rings is 1. The Morgan fingerprint density at radius 3 is 2.89 bits per heavy atom. The molecule has 0 N–H and O–H groups in total. The Labute approximate surface area is 106 Å².